The predicted octanol–water partition coefficient (Wildman–Crippen LogP) is 5.18. The van der Waals surface area contributed by atoms with E-state index in [0.717, 1.165) is 15.6 Å². The second-order valence-corrected chi connectivity index (χ2v) is 6.02. The van der Waals surface area contributed by atoms with E-state index < -0.39 is 11.6 Å². The molecule has 3 aromatic carbocycles. The zero-order chi connectivity index (χ0) is 16.2. The molecule has 3 heteroatoms. The molecule has 2 nitrogen and oxygen atoms in total. The molecule has 3 rings (SSSR count). The van der Waals surface area contributed by atoms with Crippen molar-refractivity contribution in [3.05, 3.63) is 94.5 Å². The zero-order valence-electron chi connectivity index (χ0n) is 12.2. The number of hydrogen-bond donors (Lipinski definition) is 0. The first-order valence-electron chi connectivity index (χ1n) is 7.15. The Balaban J connectivity index is 1.83. The van der Waals surface area contributed by atoms with Crippen molar-refractivity contribution in [3.63, 3.8) is 0 Å². The number of ketones is 2. The third-order valence-electron chi connectivity index (χ3n) is 3.57. The first-order valence-corrected chi connectivity index (χ1v) is 7.94. The fourth-order valence-electron chi connectivity index (χ4n) is 2.31. The highest BCUT2D eigenvalue weighted by atomic mass is 79.9. The highest BCUT2D eigenvalue weighted by molar-refractivity contribution is 9.10. The summed E-state index contributed by atoms with van der Waals surface area (Å²) in [4.78, 5) is 24.6. The van der Waals surface area contributed by atoms with Gasteiger partial charge in [0.05, 0.1) is 0 Å². The SMILES string of the molecule is O=C(C(=O)c1ccc(-c2ccccc2)cc1)c1ccc(Br)cc1. The minimum absolute atomic E-state index is 0.394. The van der Waals surface area contributed by atoms with Crippen molar-refractivity contribution >= 4 is 27.5 Å². The fourth-order valence-corrected chi connectivity index (χ4v) is 2.57. The number of halogens is 1. The van der Waals surface area contributed by atoms with Gasteiger partial charge in [-0.1, -0.05) is 70.5 Å². The smallest absolute Gasteiger partial charge is 0.233 e. The van der Waals surface area contributed by atoms with Gasteiger partial charge in [-0.15, -0.1) is 0 Å². The van der Waals surface area contributed by atoms with Gasteiger partial charge in [-0.05, 0) is 35.4 Å². The Bertz CT molecular complexity index is 835. The molecule has 23 heavy (non-hydrogen) atoms. The van der Waals surface area contributed by atoms with Crippen LogP contribution < -0.4 is 0 Å². The molecule has 0 aliphatic rings. The van der Waals surface area contributed by atoms with Crippen LogP contribution >= 0.6 is 15.9 Å². The van der Waals surface area contributed by atoms with Gasteiger partial charge in [-0.2, -0.15) is 0 Å². The summed E-state index contributed by atoms with van der Waals surface area (Å²) in [7, 11) is 0. The standard InChI is InChI=1S/C20H13BrO2/c21-18-12-10-17(11-13-18)20(23)19(22)16-8-6-15(7-9-16)14-4-2-1-3-5-14/h1-13H. The summed E-state index contributed by atoms with van der Waals surface area (Å²) in [6, 6.07) is 23.8. The average molecular weight is 365 g/mol. The molecule has 0 amide bonds. The minimum Gasteiger partial charge on any atom is -0.285 e. The molecule has 0 saturated carbocycles. The zero-order valence-corrected chi connectivity index (χ0v) is 13.8. The van der Waals surface area contributed by atoms with E-state index in [1.807, 2.05) is 42.5 Å². The first kappa shape index (κ1) is 15.4. The van der Waals surface area contributed by atoms with Gasteiger partial charge >= 0.3 is 0 Å². The Morgan fingerprint density at radius 2 is 1.00 bits per heavy atom. The molecular weight excluding hydrogens is 352 g/mol. The lowest BCUT2D eigenvalue weighted by Crippen LogP contribution is -2.14. The van der Waals surface area contributed by atoms with E-state index in [4.69, 9.17) is 0 Å². The molecule has 0 heterocycles. The van der Waals surface area contributed by atoms with Crippen LogP contribution in [0.15, 0.2) is 83.3 Å². The number of benzene rings is 3. The van der Waals surface area contributed by atoms with Crippen molar-refractivity contribution in [2.24, 2.45) is 0 Å². The molecule has 0 fully saturated rings. The lowest BCUT2D eigenvalue weighted by molar-refractivity contribution is 0.0817. The van der Waals surface area contributed by atoms with Crippen LogP contribution in [0, 0.1) is 0 Å². The topological polar surface area (TPSA) is 34.1 Å². The summed E-state index contributed by atoms with van der Waals surface area (Å²) >= 11 is 3.31. The van der Waals surface area contributed by atoms with Crippen LogP contribution in [0.1, 0.15) is 20.7 Å². The van der Waals surface area contributed by atoms with Crippen molar-refractivity contribution in [1.82, 2.24) is 0 Å². The van der Waals surface area contributed by atoms with Crippen molar-refractivity contribution < 1.29 is 9.59 Å². The molecule has 112 valence electrons. The van der Waals surface area contributed by atoms with Gasteiger partial charge < -0.3 is 0 Å². The predicted molar refractivity (Wildman–Crippen MR) is 94.7 cm³/mol. The highest BCUT2D eigenvalue weighted by Crippen LogP contribution is 2.20. The molecule has 0 saturated heterocycles. The van der Waals surface area contributed by atoms with E-state index >= 15 is 0 Å². The third-order valence-corrected chi connectivity index (χ3v) is 4.10. The summed E-state index contributed by atoms with van der Waals surface area (Å²) in [6.07, 6.45) is 0. The number of hydrogen-bond acceptors (Lipinski definition) is 2. The van der Waals surface area contributed by atoms with Crippen LogP contribution in [0.2, 0.25) is 0 Å². The van der Waals surface area contributed by atoms with Crippen LogP contribution in [0.5, 0.6) is 0 Å². The molecule has 0 N–H and O–H groups in total. The maximum Gasteiger partial charge on any atom is 0.233 e. The number of carbonyl (C=O) groups is 2. The van der Waals surface area contributed by atoms with Gasteiger partial charge in [0.25, 0.3) is 0 Å². The van der Waals surface area contributed by atoms with Crippen LogP contribution in [-0.2, 0) is 0 Å². The molecule has 0 aliphatic heterocycles. The largest absolute Gasteiger partial charge is 0.285 e. The summed E-state index contributed by atoms with van der Waals surface area (Å²) in [5.41, 5.74) is 2.88. The number of carbonyl (C=O) groups excluding carboxylic acids is 2. The Hall–Kier alpha value is -2.52. The second kappa shape index (κ2) is 6.71. The maximum atomic E-state index is 12.3. The second-order valence-electron chi connectivity index (χ2n) is 5.11. The Morgan fingerprint density at radius 1 is 0.565 bits per heavy atom. The van der Waals surface area contributed by atoms with E-state index in [1.54, 1.807) is 36.4 Å². The lowest BCUT2D eigenvalue weighted by Gasteiger charge is -2.04. The summed E-state index contributed by atoms with van der Waals surface area (Å²) < 4.78 is 0.869. The van der Waals surface area contributed by atoms with Crippen molar-refractivity contribution in [1.29, 1.82) is 0 Å². The quantitative estimate of drug-likeness (QED) is 0.472. The van der Waals surface area contributed by atoms with E-state index in [9.17, 15) is 9.59 Å². The van der Waals surface area contributed by atoms with E-state index in [0.29, 0.717) is 11.1 Å². The van der Waals surface area contributed by atoms with Gasteiger partial charge in [-0.3, -0.25) is 9.59 Å². The summed E-state index contributed by atoms with van der Waals surface area (Å²) in [6.45, 7) is 0. The molecule has 0 spiro atoms. The Labute approximate surface area is 142 Å². The van der Waals surface area contributed by atoms with Gasteiger partial charge in [0.15, 0.2) is 0 Å². The molecule has 0 atom stereocenters. The van der Waals surface area contributed by atoms with Crippen LogP contribution in [0.3, 0.4) is 0 Å². The molecule has 0 aliphatic carbocycles. The number of rotatable bonds is 4. The molecular formula is C20H13BrO2. The van der Waals surface area contributed by atoms with Gasteiger partial charge in [-0.25, -0.2) is 0 Å². The number of Topliss-reactive ketones (excluding diaryl/α,β-unsaturated/α-hetero) is 2. The lowest BCUT2D eigenvalue weighted by atomic mass is 9.99. The fraction of sp³-hybridized carbons (Fsp3) is 0. The maximum absolute atomic E-state index is 12.3. The minimum atomic E-state index is -0.495. The molecule has 0 aromatic heterocycles. The highest BCUT2D eigenvalue weighted by Gasteiger charge is 2.18. The van der Waals surface area contributed by atoms with Gasteiger partial charge in [0.1, 0.15) is 0 Å². The Kier molecular flexibility index (Phi) is 4.49. The van der Waals surface area contributed by atoms with Crippen LogP contribution in [0.4, 0.5) is 0 Å². The molecule has 0 radical (unpaired) electrons. The van der Waals surface area contributed by atoms with Crippen molar-refractivity contribution in [3.8, 4) is 11.1 Å². The molecule has 3 aromatic rings. The summed E-state index contributed by atoms with van der Waals surface area (Å²) in [5, 5.41) is 0. The van der Waals surface area contributed by atoms with Gasteiger partial charge in [0.2, 0.25) is 11.6 Å². The molecule has 0 bridgehead atoms. The van der Waals surface area contributed by atoms with Crippen molar-refractivity contribution in [2.45, 2.75) is 0 Å². The van der Waals surface area contributed by atoms with Crippen LogP contribution in [-0.4, -0.2) is 11.6 Å². The average Bonchev–Trinajstić information content (AvgIpc) is 2.62. The summed E-state index contributed by atoms with van der Waals surface area (Å²) in [5.74, 6) is -0.989. The van der Waals surface area contributed by atoms with Crippen LogP contribution in [0.25, 0.3) is 11.1 Å². The first-order chi connectivity index (χ1) is 11.1. The monoisotopic (exact) mass is 364 g/mol. The van der Waals surface area contributed by atoms with Gasteiger partial charge in [0, 0.05) is 15.6 Å². The normalized spacial score (nSPS) is 10.3. The van der Waals surface area contributed by atoms with E-state index in [1.165, 1.54) is 0 Å². The van der Waals surface area contributed by atoms with E-state index in [-0.39, 0.29) is 0 Å². The van der Waals surface area contributed by atoms with E-state index in [2.05, 4.69) is 15.9 Å². The third kappa shape index (κ3) is 3.46. The Morgan fingerprint density at radius 3 is 1.52 bits per heavy atom. The molecule has 0 unspecified atom stereocenters. The van der Waals surface area contributed by atoms with Crippen molar-refractivity contribution in [2.75, 3.05) is 0 Å².